The number of alkyl carbamates (subject to hydrolysis) is 1. The lowest BCUT2D eigenvalue weighted by Gasteiger charge is -2.14. The minimum atomic E-state index is -1.28. The van der Waals surface area contributed by atoms with Gasteiger partial charge in [0.25, 0.3) is 5.91 Å². The van der Waals surface area contributed by atoms with E-state index in [-0.39, 0.29) is 36.7 Å². The van der Waals surface area contributed by atoms with Crippen LogP contribution in [0.1, 0.15) is 39.5 Å². The van der Waals surface area contributed by atoms with Gasteiger partial charge in [-0.1, -0.05) is 53.7 Å². The van der Waals surface area contributed by atoms with E-state index in [0.717, 1.165) is 28.5 Å². The summed E-state index contributed by atoms with van der Waals surface area (Å²) in [5, 5.41) is 26.6. The van der Waals surface area contributed by atoms with Crippen LogP contribution in [0.4, 0.5) is 4.79 Å². The van der Waals surface area contributed by atoms with Gasteiger partial charge >= 0.3 is 12.1 Å². The molecule has 1 aromatic heterocycles. The number of nitrogens with zero attached hydrogens (tertiary/aromatic N) is 1. The van der Waals surface area contributed by atoms with Gasteiger partial charge in [-0.05, 0) is 22.3 Å². The van der Waals surface area contributed by atoms with E-state index in [0.29, 0.717) is 0 Å². The maximum Gasteiger partial charge on any atom is 0.407 e. The number of carbonyl (C=O) groups is 3. The first kappa shape index (κ1) is 23.0. The Kier molecular flexibility index (Phi) is 6.88. The van der Waals surface area contributed by atoms with Crippen molar-refractivity contribution in [1.82, 2.24) is 15.8 Å². The summed E-state index contributed by atoms with van der Waals surface area (Å²) >= 11 is 0. The summed E-state index contributed by atoms with van der Waals surface area (Å²) in [6.45, 7) is -0.432. The monoisotopic (exact) mass is 465 g/mol. The second-order valence-corrected chi connectivity index (χ2v) is 7.73. The van der Waals surface area contributed by atoms with Gasteiger partial charge in [-0.15, -0.1) is 0 Å². The number of carbonyl (C=O) groups excluding carboxylic acids is 2. The molecule has 0 radical (unpaired) electrons. The lowest BCUT2D eigenvalue weighted by molar-refractivity contribution is -0.139. The molecule has 0 saturated heterocycles. The lowest BCUT2D eigenvalue weighted by atomic mass is 9.98. The molecule has 1 aliphatic rings. The van der Waals surface area contributed by atoms with Gasteiger partial charge in [-0.3, -0.25) is 4.79 Å². The van der Waals surface area contributed by atoms with E-state index in [1.54, 1.807) is 0 Å². The SMILES string of the molecule is O=C(NCc1nocc1C(=O)N[C@H](CCO)C(=O)O)OCC1c2ccccc2-c2ccccc21. The highest BCUT2D eigenvalue weighted by Crippen LogP contribution is 2.44. The Hall–Kier alpha value is -4.18. The largest absolute Gasteiger partial charge is 0.480 e. The van der Waals surface area contributed by atoms with Crippen LogP contribution < -0.4 is 10.6 Å². The summed E-state index contributed by atoms with van der Waals surface area (Å²) in [5.74, 6) is -2.12. The smallest absolute Gasteiger partial charge is 0.407 e. The predicted molar refractivity (Wildman–Crippen MR) is 119 cm³/mol. The highest BCUT2D eigenvalue weighted by atomic mass is 16.5. The molecule has 0 spiro atoms. The normalized spacial score (nSPS) is 13.0. The van der Waals surface area contributed by atoms with Crippen molar-refractivity contribution in [2.24, 2.45) is 0 Å². The molecule has 10 nitrogen and oxygen atoms in total. The number of aliphatic hydroxyl groups excluding tert-OH is 1. The molecule has 34 heavy (non-hydrogen) atoms. The highest BCUT2D eigenvalue weighted by Gasteiger charge is 2.29. The van der Waals surface area contributed by atoms with E-state index in [9.17, 15) is 14.4 Å². The summed E-state index contributed by atoms with van der Waals surface area (Å²) < 4.78 is 10.3. The third-order valence-electron chi connectivity index (χ3n) is 5.65. The Morgan fingerprint density at radius 3 is 2.32 bits per heavy atom. The molecule has 10 heteroatoms. The number of aromatic nitrogens is 1. The van der Waals surface area contributed by atoms with Crippen LogP contribution in [0, 0.1) is 0 Å². The summed E-state index contributed by atoms with van der Waals surface area (Å²) in [5.41, 5.74) is 4.49. The molecule has 0 bridgehead atoms. The molecule has 3 aromatic rings. The van der Waals surface area contributed by atoms with Crippen molar-refractivity contribution >= 4 is 18.0 Å². The van der Waals surface area contributed by atoms with E-state index in [2.05, 4.69) is 15.8 Å². The molecule has 1 heterocycles. The van der Waals surface area contributed by atoms with Crippen molar-refractivity contribution in [1.29, 1.82) is 0 Å². The molecule has 0 saturated carbocycles. The number of aliphatic hydroxyl groups is 1. The minimum Gasteiger partial charge on any atom is -0.480 e. The van der Waals surface area contributed by atoms with E-state index in [1.807, 2.05) is 48.5 Å². The Morgan fingerprint density at radius 1 is 1.06 bits per heavy atom. The number of ether oxygens (including phenoxy) is 1. The van der Waals surface area contributed by atoms with Crippen molar-refractivity contribution < 1.29 is 33.9 Å². The maximum atomic E-state index is 12.4. The number of amides is 2. The molecule has 176 valence electrons. The van der Waals surface area contributed by atoms with Crippen LogP contribution in [0.5, 0.6) is 0 Å². The van der Waals surface area contributed by atoms with Crippen LogP contribution in [0.3, 0.4) is 0 Å². The van der Waals surface area contributed by atoms with Gasteiger partial charge in [-0.2, -0.15) is 0 Å². The average Bonchev–Trinajstić information content (AvgIpc) is 3.44. The molecule has 0 unspecified atom stereocenters. The Balaban J connectivity index is 1.35. The maximum absolute atomic E-state index is 12.4. The van der Waals surface area contributed by atoms with Crippen molar-refractivity contribution in [3.05, 3.63) is 77.2 Å². The molecule has 4 N–H and O–H groups in total. The lowest BCUT2D eigenvalue weighted by Crippen LogP contribution is -2.41. The molecule has 1 atom stereocenters. The van der Waals surface area contributed by atoms with Crippen molar-refractivity contribution in [2.45, 2.75) is 24.9 Å². The van der Waals surface area contributed by atoms with Gasteiger partial charge < -0.3 is 30.1 Å². The van der Waals surface area contributed by atoms with Crippen LogP contribution >= 0.6 is 0 Å². The van der Waals surface area contributed by atoms with Crippen LogP contribution in [-0.2, 0) is 16.1 Å². The summed E-state index contributed by atoms with van der Waals surface area (Å²) in [6, 6.07) is 14.7. The van der Waals surface area contributed by atoms with Crippen molar-refractivity contribution in [3.8, 4) is 11.1 Å². The molecule has 4 rings (SSSR count). The van der Waals surface area contributed by atoms with Gasteiger partial charge in [0.15, 0.2) is 0 Å². The molecule has 0 aliphatic heterocycles. The number of fused-ring (bicyclic) bond motifs is 3. The molecule has 1 aliphatic carbocycles. The van der Waals surface area contributed by atoms with Gasteiger partial charge in [0.1, 0.15) is 30.2 Å². The summed E-state index contributed by atoms with van der Waals surface area (Å²) in [4.78, 5) is 35.9. The van der Waals surface area contributed by atoms with Crippen molar-refractivity contribution in [2.75, 3.05) is 13.2 Å². The van der Waals surface area contributed by atoms with Gasteiger partial charge in [0, 0.05) is 18.9 Å². The summed E-state index contributed by atoms with van der Waals surface area (Å²) in [6.07, 6.45) is 0.210. The van der Waals surface area contributed by atoms with Gasteiger partial charge in [-0.25, -0.2) is 9.59 Å². The first-order valence-corrected chi connectivity index (χ1v) is 10.7. The molecule has 2 aromatic carbocycles. The third kappa shape index (κ3) is 4.76. The molecule has 2 amide bonds. The number of benzene rings is 2. The average molecular weight is 465 g/mol. The standard InChI is InChI=1S/C24H23N3O7/c28-10-9-20(23(30)31)26-22(29)19-13-34-27-21(19)11-25-24(32)33-12-18-16-7-3-1-5-14(16)15-6-2-4-8-17(15)18/h1-8,13,18,20,28H,9-12H2,(H,25,32)(H,26,29)(H,30,31)/t20-/m1/s1. The molecular formula is C24H23N3O7. The predicted octanol–water partition coefficient (Wildman–Crippen LogP) is 2.28. The zero-order valence-corrected chi connectivity index (χ0v) is 18.1. The highest BCUT2D eigenvalue weighted by molar-refractivity contribution is 5.97. The van der Waals surface area contributed by atoms with Gasteiger partial charge in [0.2, 0.25) is 0 Å². The van der Waals surface area contributed by atoms with E-state index >= 15 is 0 Å². The van der Waals surface area contributed by atoms with Crippen LogP contribution in [0.15, 0.2) is 59.3 Å². The zero-order valence-electron chi connectivity index (χ0n) is 18.1. The fourth-order valence-corrected chi connectivity index (χ4v) is 4.00. The number of carboxylic acid groups (broad SMARTS) is 1. The third-order valence-corrected chi connectivity index (χ3v) is 5.65. The van der Waals surface area contributed by atoms with Crippen LogP contribution in [-0.4, -0.2) is 52.6 Å². The fourth-order valence-electron chi connectivity index (χ4n) is 4.00. The van der Waals surface area contributed by atoms with Crippen LogP contribution in [0.25, 0.3) is 11.1 Å². The Morgan fingerprint density at radius 2 is 1.71 bits per heavy atom. The topological polar surface area (TPSA) is 151 Å². The first-order valence-electron chi connectivity index (χ1n) is 10.7. The number of hydrogen-bond donors (Lipinski definition) is 4. The van der Waals surface area contributed by atoms with Gasteiger partial charge in [0.05, 0.1) is 6.54 Å². The molecule has 0 fully saturated rings. The second kappa shape index (κ2) is 10.2. The van der Waals surface area contributed by atoms with E-state index < -0.39 is 30.6 Å². The van der Waals surface area contributed by atoms with E-state index in [4.69, 9.17) is 19.5 Å². The number of hydrogen-bond acceptors (Lipinski definition) is 7. The second-order valence-electron chi connectivity index (χ2n) is 7.73. The minimum absolute atomic E-state index is 0.0249. The van der Waals surface area contributed by atoms with Crippen molar-refractivity contribution in [3.63, 3.8) is 0 Å². The Bertz CT molecular complexity index is 1160. The number of nitrogens with one attached hydrogen (secondary N) is 2. The first-order chi connectivity index (χ1) is 16.5. The number of carboxylic acids is 1. The fraction of sp³-hybridized carbons (Fsp3) is 0.250. The quantitative estimate of drug-likeness (QED) is 0.376. The number of rotatable bonds is 9. The zero-order chi connectivity index (χ0) is 24.1. The van der Waals surface area contributed by atoms with Crippen LogP contribution in [0.2, 0.25) is 0 Å². The molecular weight excluding hydrogens is 442 g/mol. The van der Waals surface area contributed by atoms with E-state index in [1.165, 1.54) is 0 Å². The summed E-state index contributed by atoms with van der Waals surface area (Å²) in [7, 11) is 0. The Labute approximate surface area is 194 Å². The number of aliphatic carboxylic acids is 1.